The van der Waals surface area contributed by atoms with E-state index < -0.39 is 22.9 Å². The molecule has 0 aliphatic heterocycles. The molecule has 1 aromatic carbocycles. The molecule has 2 aromatic rings. The van der Waals surface area contributed by atoms with Gasteiger partial charge in [-0.05, 0) is 32.9 Å². The molecule has 0 radical (unpaired) electrons. The molecule has 0 spiro atoms. The minimum absolute atomic E-state index is 0.146. The fourth-order valence-electron chi connectivity index (χ4n) is 1.83. The third-order valence-corrected chi connectivity index (χ3v) is 3.16. The van der Waals surface area contributed by atoms with Crippen molar-refractivity contribution in [2.75, 3.05) is 0 Å². The van der Waals surface area contributed by atoms with E-state index in [2.05, 4.69) is 5.16 Å². The number of phenols is 1. The lowest BCUT2D eigenvalue weighted by molar-refractivity contribution is -0.607. The number of oxime groups is 1. The molecule has 0 saturated heterocycles. The standard InChI is InChI=1S/C16H16ClFN2O4/c1-16(2,3)24-19-14(15-12(21)5-4-6-20(15)23)9-7-11(18)10(17)8-13(9)22/h4-8,21-22H,1-3H3/b19-14+. The largest absolute Gasteiger partial charge is 0.618 e. The maximum Gasteiger partial charge on any atom is 0.288 e. The van der Waals surface area contributed by atoms with E-state index in [0.717, 1.165) is 18.3 Å². The molecule has 2 rings (SSSR count). The summed E-state index contributed by atoms with van der Waals surface area (Å²) in [7, 11) is 0. The number of halogens is 2. The summed E-state index contributed by atoms with van der Waals surface area (Å²) in [6, 6.07) is 4.49. The topological polar surface area (TPSA) is 89.0 Å². The van der Waals surface area contributed by atoms with Crippen LogP contribution in [0.3, 0.4) is 0 Å². The van der Waals surface area contributed by atoms with Gasteiger partial charge in [-0.25, -0.2) is 4.39 Å². The molecule has 24 heavy (non-hydrogen) atoms. The summed E-state index contributed by atoms with van der Waals surface area (Å²) in [5.41, 5.74) is -1.39. The molecule has 2 N–H and O–H groups in total. The first-order chi connectivity index (χ1) is 11.1. The van der Waals surface area contributed by atoms with Crippen LogP contribution in [-0.2, 0) is 4.84 Å². The highest BCUT2D eigenvalue weighted by Crippen LogP contribution is 2.29. The second-order valence-electron chi connectivity index (χ2n) is 5.99. The Hall–Kier alpha value is -2.54. The van der Waals surface area contributed by atoms with E-state index in [0.29, 0.717) is 4.73 Å². The molecule has 1 aromatic heterocycles. The van der Waals surface area contributed by atoms with Gasteiger partial charge in [0.05, 0.1) is 10.6 Å². The Morgan fingerprint density at radius 2 is 1.96 bits per heavy atom. The summed E-state index contributed by atoms with van der Waals surface area (Å²) in [5, 5.41) is 35.7. The number of rotatable bonds is 3. The van der Waals surface area contributed by atoms with Gasteiger partial charge in [0.1, 0.15) is 17.2 Å². The number of aromatic hydroxyl groups is 2. The summed E-state index contributed by atoms with van der Waals surface area (Å²) in [5.74, 6) is -1.64. The fourth-order valence-corrected chi connectivity index (χ4v) is 1.99. The van der Waals surface area contributed by atoms with Crippen LogP contribution >= 0.6 is 11.6 Å². The van der Waals surface area contributed by atoms with E-state index >= 15 is 0 Å². The predicted molar refractivity (Wildman–Crippen MR) is 86.6 cm³/mol. The Morgan fingerprint density at radius 1 is 1.29 bits per heavy atom. The first-order valence-corrected chi connectivity index (χ1v) is 7.34. The normalized spacial score (nSPS) is 12.3. The van der Waals surface area contributed by atoms with Crippen molar-refractivity contribution in [1.29, 1.82) is 0 Å². The van der Waals surface area contributed by atoms with Gasteiger partial charge in [0.15, 0.2) is 17.7 Å². The van der Waals surface area contributed by atoms with Crippen molar-refractivity contribution in [3.8, 4) is 11.5 Å². The summed E-state index contributed by atoms with van der Waals surface area (Å²) in [4.78, 5) is 5.29. The summed E-state index contributed by atoms with van der Waals surface area (Å²) in [6.07, 6.45) is 1.13. The van der Waals surface area contributed by atoms with Crippen LogP contribution in [0.1, 0.15) is 32.0 Å². The number of benzene rings is 1. The minimum Gasteiger partial charge on any atom is -0.618 e. The van der Waals surface area contributed by atoms with Crippen molar-refractivity contribution in [3.05, 3.63) is 57.8 Å². The van der Waals surface area contributed by atoms with Crippen molar-refractivity contribution in [3.63, 3.8) is 0 Å². The molecule has 0 amide bonds. The van der Waals surface area contributed by atoms with E-state index in [-0.39, 0.29) is 22.0 Å². The van der Waals surface area contributed by atoms with Crippen LogP contribution in [0.25, 0.3) is 0 Å². The smallest absolute Gasteiger partial charge is 0.288 e. The molecule has 0 bridgehead atoms. The molecule has 128 valence electrons. The molecular formula is C16H16ClFN2O4. The first kappa shape index (κ1) is 17.8. The van der Waals surface area contributed by atoms with Gasteiger partial charge < -0.3 is 20.3 Å². The van der Waals surface area contributed by atoms with Gasteiger partial charge in [-0.2, -0.15) is 4.73 Å². The van der Waals surface area contributed by atoms with E-state index in [1.165, 1.54) is 12.1 Å². The molecule has 0 aliphatic rings. The van der Waals surface area contributed by atoms with Crippen molar-refractivity contribution in [1.82, 2.24) is 0 Å². The van der Waals surface area contributed by atoms with Crippen LogP contribution in [0.15, 0.2) is 35.6 Å². The molecule has 0 saturated carbocycles. The van der Waals surface area contributed by atoms with Crippen LogP contribution in [0, 0.1) is 11.0 Å². The third kappa shape index (κ3) is 3.86. The number of aromatic nitrogens is 1. The van der Waals surface area contributed by atoms with E-state index in [1.54, 1.807) is 20.8 Å². The molecule has 8 heteroatoms. The summed E-state index contributed by atoms with van der Waals surface area (Å²) in [6.45, 7) is 5.14. The number of nitrogens with zero attached hydrogens (tertiary/aromatic N) is 2. The van der Waals surface area contributed by atoms with E-state index in [1.807, 2.05) is 0 Å². The number of phenolic OH excluding ortho intramolecular Hbond substituents is 1. The monoisotopic (exact) mass is 354 g/mol. The molecule has 0 atom stereocenters. The average molecular weight is 355 g/mol. The van der Waals surface area contributed by atoms with Crippen molar-refractivity contribution in [2.45, 2.75) is 26.4 Å². The quantitative estimate of drug-likeness (QED) is 0.383. The van der Waals surface area contributed by atoms with Crippen LogP contribution in [0.4, 0.5) is 4.39 Å². The zero-order valence-electron chi connectivity index (χ0n) is 13.2. The van der Waals surface area contributed by atoms with E-state index in [9.17, 15) is 19.8 Å². The lowest BCUT2D eigenvalue weighted by Crippen LogP contribution is -2.35. The fraction of sp³-hybridized carbons (Fsp3) is 0.250. The van der Waals surface area contributed by atoms with Gasteiger partial charge in [0, 0.05) is 12.1 Å². The zero-order chi connectivity index (χ0) is 18.1. The summed E-state index contributed by atoms with van der Waals surface area (Å²) >= 11 is 5.63. The van der Waals surface area contributed by atoms with Gasteiger partial charge in [-0.3, -0.25) is 0 Å². The third-order valence-electron chi connectivity index (χ3n) is 2.87. The predicted octanol–water partition coefficient (Wildman–Crippen LogP) is 3.09. The van der Waals surface area contributed by atoms with Gasteiger partial charge in [0.2, 0.25) is 0 Å². The van der Waals surface area contributed by atoms with Gasteiger partial charge in [-0.15, -0.1) is 0 Å². The number of hydrogen-bond acceptors (Lipinski definition) is 5. The molecule has 0 fully saturated rings. The molecular weight excluding hydrogens is 339 g/mol. The van der Waals surface area contributed by atoms with Crippen molar-refractivity contribution < 1.29 is 24.2 Å². The van der Waals surface area contributed by atoms with Crippen molar-refractivity contribution in [2.24, 2.45) is 5.16 Å². The maximum absolute atomic E-state index is 13.8. The average Bonchev–Trinajstić information content (AvgIpc) is 2.45. The highest BCUT2D eigenvalue weighted by Gasteiger charge is 2.27. The second kappa shape index (κ2) is 6.52. The zero-order valence-corrected chi connectivity index (χ0v) is 14.0. The van der Waals surface area contributed by atoms with Gasteiger partial charge in [-0.1, -0.05) is 16.8 Å². The van der Waals surface area contributed by atoms with Crippen LogP contribution in [0.2, 0.25) is 5.02 Å². The van der Waals surface area contributed by atoms with Crippen molar-refractivity contribution >= 4 is 17.3 Å². The van der Waals surface area contributed by atoms with Gasteiger partial charge >= 0.3 is 0 Å². The van der Waals surface area contributed by atoms with Crippen LogP contribution in [-0.4, -0.2) is 21.5 Å². The Bertz CT molecular complexity index is 783. The van der Waals surface area contributed by atoms with Crippen LogP contribution in [0.5, 0.6) is 11.5 Å². The lowest BCUT2D eigenvalue weighted by Gasteiger charge is -2.17. The molecule has 1 heterocycles. The Kier molecular flexibility index (Phi) is 4.84. The summed E-state index contributed by atoms with van der Waals surface area (Å²) < 4.78 is 14.2. The maximum atomic E-state index is 13.8. The molecule has 6 nitrogen and oxygen atoms in total. The highest BCUT2D eigenvalue weighted by molar-refractivity contribution is 6.31. The van der Waals surface area contributed by atoms with Crippen LogP contribution < -0.4 is 4.73 Å². The Morgan fingerprint density at radius 3 is 2.54 bits per heavy atom. The van der Waals surface area contributed by atoms with E-state index in [4.69, 9.17) is 16.4 Å². The highest BCUT2D eigenvalue weighted by atomic mass is 35.5. The molecule has 0 unspecified atom stereocenters. The molecule has 0 aliphatic carbocycles. The lowest BCUT2D eigenvalue weighted by atomic mass is 10.0. The minimum atomic E-state index is -0.819. The number of hydrogen-bond donors (Lipinski definition) is 2. The Balaban J connectivity index is 2.72. The second-order valence-corrected chi connectivity index (χ2v) is 6.40. The Labute approximate surface area is 143 Å². The van der Waals surface area contributed by atoms with Gasteiger partial charge in [0.25, 0.3) is 5.69 Å². The first-order valence-electron chi connectivity index (χ1n) is 6.96. The SMILES string of the molecule is CC(C)(C)O/N=C(\c1cc(F)c(Cl)cc1O)c1c(O)ccc[n+]1[O-]. The number of pyridine rings is 1.